The van der Waals surface area contributed by atoms with Crippen LogP contribution in [0.5, 0.6) is 0 Å². The molecule has 15 heteroatoms. The summed E-state index contributed by atoms with van der Waals surface area (Å²) in [4.78, 5) is 0. The molecule has 0 bridgehead atoms. The number of hydrogen-bond acceptors (Lipinski definition) is 7. The third-order valence-corrected chi connectivity index (χ3v) is 14.1. The normalized spacial score (nSPS) is 13.2. The van der Waals surface area contributed by atoms with Gasteiger partial charge in [0.25, 0.3) is 60.0 Å². The Labute approximate surface area is 238 Å². The maximum Gasteiger partial charge on any atom is 0.286 e. The first kappa shape index (κ1) is 38.6. The van der Waals surface area contributed by atoms with Gasteiger partial charge in [-0.15, -0.1) is 0 Å². The molecule has 0 N–H and O–H groups in total. The van der Waals surface area contributed by atoms with Gasteiger partial charge in [0.05, 0.1) is 0 Å². The van der Waals surface area contributed by atoms with Crippen LogP contribution in [0, 0.1) is 0 Å². The molecule has 0 heterocycles. The van der Waals surface area contributed by atoms with Gasteiger partial charge in [-0.05, 0) is 0 Å². The standard InChI is InChI=1S/C20H42.H18O7Si8/c1-3-5-7-9-11-13-15-17-19-20-18-16-14-12-10-8-6-4-2;8-1-10-3-12-5-14-7-15-6-13-4-11-2-9/h3-20H2,1-2H3;10-15H2,8-9H3. The molecule has 0 saturated heterocycles. The van der Waals surface area contributed by atoms with Crippen molar-refractivity contribution < 1.29 is 28.8 Å². The zero-order valence-corrected chi connectivity index (χ0v) is 36.3. The Balaban J connectivity index is 0. The monoisotopic (exact) mass is 636 g/mol. The van der Waals surface area contributed by atoms with Crippen LogP contribution in [-0.4, -0.2) is 81.0 Å². The van der Waals surface area contributed by atoms with E-state index < -0.39 is 60.0 Å². The van der Waals surface area contributed by atoms with E-state index in [0.717, 1.165) is 21.0 Å². The summed E-state index contributed by atoms with van der Waals surface area (Å²) >= 11 is 0. The molecule has 0 unspecified atom stereocenters. The summed E-state index contributed by atoms with van der Waals surface area (Å²) in [6.45, 7) is 4.59. The summed E-state index contributed by atoms with van der Waals surface area (Å²) in [6.07, 6.45) is 26.4. The summed E-state index contributed by atoms with van der Waals surface area (Å²) in [5.41, 5.74) is 0. The number of unbranched alkanes of at least 4 members (excludes halogenated alkanes) is 17. The summed E-state index contributed by atoms with van der Waals surface area (Å²) in [5.74, 6) is 0. The van der Waals surface area contributed by atoms with Crippen molar-refractivity contribution in [3.8, 4) is 0 Å². The van der Waals surface area contributed by atoms with Crippen molar-refractivity contribution >= 4 is 81.0 Å². The Morgan fingerprint density at radius 2 is 0.543 bits per heavy atom. The van der Waals surface area contributed by atoms with Gasteiger partial charge in [0.2, 0.25) is 0 Å². The lowest BCUT2D eigenvalue weighted by Crippen LogP contribution is -2.19. The molecular formula is C20H60O7Si8. The fourth-order valence-electron chi connectivity index (χ4n) is 3.55. The van der Waals surface area contributed by atoms with Crippen LogP contribution in [0.25, 0.3) is 0 Å². The highest BCUT2D eigenvalue weighted by atomic mass is 28.4. The second-order valence-corrected chi connectivity index (χ2v) is 23.2. The Hall–Kier alpha value is 1.46. The zero-order valence-electron chi connectivity index (χ0n) is 23.8. The second kappa shape index (κ2) is 40.0. The van der Waals surface area contributed by atoms with Gasteiger partial charge in [-0.1, -0.05) is 129 Å². The van der Waals surface area contributed by atoms with E-state index in [4.69, 9.17) is 28.8 Å². The van der Waals surface area contributed by atoms with Crippen molar-refractivity contribution in [2.45, 2.75) is 129 Å². The van der Waals surface area contributed by atoms with Crippen LogP contribution >= 0.6 is 0 Å². The minimum Gasteiger partial charge on any atom is -0.449 e. The molecule has 0 spiro atoms. The molecule has 0 rings (SSSR count). The topological polar surface area (TPSA) is 64.6 Å². The molecule has 0 aromatic carbocycles. The van der Waals surface area contributed by atoms with E-state index in [1.165, 1.54) is 116 Å². The summed E-state index contributed by atoms with van der Waals surface area (Å²) in [5, 5.41) is 0. The molecule has 0 aliphatic rings. The van der Waals surface area contributed by atoms with Crippen LogP contribution in [0.3, 0.4) is 0 Å². The molecule has 0 aliphatic carbocycles. The maximum absolute atomic E-state index is 5.30. The van der Waals surface area contributed by atoms with Crippen LogP contribution < -0.4 is 0 Å². The van der Waals surface area contributed by atoms with Crippen molar-refractivity contribution in [2.24, 2.45) is 0 Å². The van der Waals surface area contributed by atoms with Gasteiger partial charge < -0.3 is 28.8 Å². The fourth-order valence-corrected chi connectivity index (χ4v) is 15.4. The highest BCUT2D eigenvalue weighted by Crippen LogP contribution is 2.14. The Morgan fingerprint density at radius 3 is 0.743 bits per heavy atom. The molecule has 0 aliphatic heterocycles. The zero-order chi connectivity index (χ0) is 25.9. The Kier molecular flexibility index (Phi) is 44.1. The fraction of sp³-hybridized carbons (Fsp3) is 1.00. The minimum atomic E-state index is -0.851. The molecule has 0 saturated carbocycles. The molecule has 0 atom stereocenters. The van der Waals surface area contributed by atoms with Crippen molar-refractivity contribution in [3.63, 3.8) is 0 Å². The van der Waals surface area contributed by atoms with Crippen LogP contribution in [0.4, 0.5) is 0 Å². The first-order chi connectivity index (χ1) is 17.3. The maximum atomic E-state index is 5.30. The van der Waals surface area contributed by atoms with Crippen LogP contribution in [-0.2, 0) is 28.8 Å². The van der Waals surface area contributed by atoms with E-state index in [1.807, 2.05) is 0 Å². The lowest BCUT2D eigenvalue weighted by atomic mass is 10.0. The van der Waals surface area contributed by atoms with Gasteiger partial charge in [-0.25, -0.2) is 0 Å². The lowest BCUT2D eigenvalue weighted by Gasteiger charge is -2.06. The van der Waals surface area contributed by atoms with Crippen molar-refractivity contribution in [2.75, 3.05) is 0 Å². The summed E-state index contributed by atoms with van der Waals surface area (Å²) < 4.78 is 36.3. The third kappa shape index (κ3) is 42.8. The van der Waals surface area contributed by atoms with Gasteiger partial charge in [0.1, 0.15) is 21.0 Å². The van der Waals surface area contributed by atoms with E-state index in [1.54, 1.807) is 0 Å². The van der Waals surface area contributed by atoms with Crippen molar-refractivity contribution in [1.82, 2.24) is 0 Å². The Bertz CT molecular complexity index is 327. The quantitative estimate of drug-likeness (QED) is 0.0826. The van der Waals surface area contributed by atoms with Gasteiger partial charge >= 0.3 is 0 Å². The molecule has 0 fully saturated rings. The summed E-state index contributed by atoms with van der Waals surface area (Å²) in [6, 6.07) is 0. The predicted molar refractivity (Wildman–Crippen MR) is 173 cm³/mol. The average Bonchev–Trinajstić information content (AvgIpc) is 2.87. The highest BCUT2D eigenvalue weighted by Gasteiger charge is 1.95. The largest absolute Gasteiger partial charge is 0.449 e. The van der Waals surface area contributed by atoms with Gasteiger partial charge in [0, 0.05) is 0 Å². The van der Waals surface area contributed by atoms with Gasteiger partial charge in [0.15, 0.2) is 0 Å². The molecule has 214 valence electrons. The van der Waals surface area contributed by atoms with E-state index >= 15 is 0 Å². The number of rotatable bonds is 29. The first-order valence-electron chi connectivity index (χ1n) is 14.2. The van der Waals surface area contributed by atoms with Crippen molar-refractivity contribution in [1.29, 1.82) is 0 Å². The lowest BCUT2D eigenvalue weighted by molar-refractivity contribution is 0.373. The van der Waals surface area contributed by atoms with E-state index in [2.05, 4.69) is 13.8 Å². The predicted octanol–water partition coefficient (Wildman–Crippen LogP) is -0.296. The SMILES string of the molecule is CCCCCCCCCCCCCCCCCCCC.[SiH3]O[SiH2]O[SiH2]O[SiH2]O[SiH2]O[SiH2]O[SiH2]O[SiH3]. The van der Waals surface area contributed by atoms with Gasteiger partial charge in [-0.2, -0.15) is 0 Å². The smallest absolute Gasteiger partial charge is 0.286 e. The molecule has 0 radical (unpaired) electrons. The van der Waals surface area contributed by atoms with E-state index in [-0.39, 0.29) is 0 Å². The van der Waals surface area contributed by atoms with Gasteiger partial charge in [-0.3, -0.25) is 0 Å². The van der Waals surface area contributed by atoms with Crippen LogP contribution in [0.1, 0.15) is 129 Å². The molecule has 0 aromatic rings. The average molecular weight is 637 g/mol. The highest BCUT2D eigenvalue weighted by molar-refractivity contribution is 6.48. The molecule has 7 nitrogen and oxygen atoms in total. The molecular weight excluding hydrogens is 577 g/mol. The molecule has 0 amide bonds. The van der Waals surface area contributed by atoms with Crippen molar-refractivity contribution in [3.05, 3.63) is 0 Å². The molecule has 35 heavy (non-hydrogen) atoms. The summed E-state index contributed by atoms with van der Waals surface area (Å²) in [7, 11) is -3.21. The number of hydrogen-bond donors (Lipinski definition) is 0. The van der Waals surface area contributed by atoms with Crippen LogP contribution in [0.15, 0.2) is 0 Å². The third-order valence-electron chi connectivity index (χ3n) is 5.53. The van der Waals surface area contributed by atoms with E-state index in [9.17, 15) is 0 Å². The second-order valence-electron chi connectivity index (χ2n) is 8.96. The first-order valence-corrected chi connectivity index (χ1v) is 22.8. The van der Waals surface area contributed by atoms with E-state index in [0.29, 0.717) is 0 Å². The minimum absolute atomic E-state index is 0.706. The Morgan fingerprint density at radius 1 is 0.343 bits per heavy atom. The molecule has 0 aromatic heterocycles. The van der Waals surface area contributed by atoms with Crippen LogP contribution in [0.2, 0.25) is 0 Å².